The number of aliphatic hydroxyl groups is 1. The van der Waals surface area contributed by atoms with Crippen LogP contribution in [0.15, 0.2) is 0 Å². The van der Waals surface area contributed by atoms with Crippen LogP contribution in [0.25, 0.3) is 0 Å². The molecule has 0 radical (unpaired) electrons. The van der Waals surface area contributed by atoms with Gasteiger partial charge in [-0.3, -0.25) is 0 Å². The molecule has 2 heterocycles. The Kier molecular flexibility index (Phi) is 3.71. The summed E-state index contributed by atoms with van der Waals surface area (Å²) in [5.41, 5.74) is -0.593. The normalized spacial score (nSPS) is 34.9. The molecule has 2 fully saturated rings. The van der Waals surface area contributed by atoms with Gasteiger partial charge in [0.05, 0.1) is 6.61 Å². The summed E-state index contributed by atoms with van der Waals surface area (Å²) in [6.45, 7) is 1.91. The summed E-state index contributed by atoms with van der Waals surface area (Å²) in [6, 6.07) is 0.612. The maximum absolute atomic E-state index is 10.0. The van der Waals surface area contributed by atoms with Gasteiger partial charge in [0.2, 0.25) is 0 Å². The fourth-order valence-corrected chi connectivity index (χ4v) is 3.08. The molecule has 2 saturated heterocycles. The van der Waals surface area contributed by atoms with Gasteiger partial charge in [-0.1, -0.05) is 0 Å². The van der Waals surface area contributed by atoms with Crippen molar-refractivity contribution in [2.75, 3.05) is 31.3 Å². The van der Waals surface area contributed by atoms with Gasteiger partial charge in [0.25, 0.3) is 0 Å². The van der Waals surface area contributed by atoms with Crippen LogP contribution in [0.2, 0.25) is 0 Å². The zero-order valence-electron chi connectivity index (χ0n) is 8.50. The third-order valence-corrected chi connectivity index (χ3v) is 4.07. The van der Waals surface area contributed by atoms with Gasteiger partial charge in [-0.25, -0.2) is 0 Å². The summed E-state index contributed by atoms with van der Waals surface area (Å²) in [4.78, 5) is 0. The lowest BCUT2D eigenvalue weighted by Gasteiger charge is -2.27. The summed E-state index contributed by atoms with van der Waals surface area (Å²) in [7, 11) is 0. The molecule has 2 N–H and O–H groups in total. The second-order valence-electron chi connectivity index (χ2n) is 4.29. The van der Waals surface area contributed by atoms with E-state index in [9.17, 15) is 5.11 Å². The molecule has 2 rings (SSSR count). The summed E-state index contributed by atoms with van der Waals surface area (Å²) in [5, 5.41) is 13.5. The average molecular weight is 217 g/mol. The van der Waals surface area contributed by atoms with Crippen LogP contribution in [0.4, 0.5) is 0 Å². The molecule has 3 nitrogen and oxygen atoms in total. The van der Waals surface area contributed by atoms with E-state index in [2.05, 4.69) is 5.32 Å². The van der Waals surface area contributed by atoms with Crippen molar-refractivity contribution in [3.8, 4) is 0 Å². The van der Waals surface area contributed by atoms with E-state index in [1.807, 2.05) is 11.8 Å². The first kappa shape index (κ1) is 10.7. The first-order valence-electron chi connectivity index (χ1n) is 5.40. The molecule has 0 bridgehead atoms. The van der Waals surface area contributed by atoms with Gasteiger partial charge in [-0.2, -0.15) is 11.8 Å². The molecule has 0 amide bonds. The number of nitrogens with one attached hydrogen (secondary N) is 1. The van der Waals surface area contributed by atoms with Gasteiger partial charge >= 0.3 is 0 Å². The van der Waals surface area contributed by atoms with Crippen LogP contribution in [0.5, 0.6) is 0 Å². The molecule has 82 valence electrons. The third-order valence-electron chi connectivity index (χ3n) is 3.02. The van der Waals surface area contributed by atoms with E-state index in [-0.39, 0.29) is 0 Å². The smallest absolute Gasteiger partial charge is 0.102 e. The number of hydrogen-bond donors (Lipinski definition) is 2. The van der Waals surface area contributed by atoms with Crippen molar-refractivity contribution in [3.63, 3.8) is 0 Å². The van der Waals surface area contributed by atoms with E-state index in [0.717, 1.165) is 6.42 Å². The highest BCUT2D eigenvalue weighted by atomic mass is 32.2. The number of thioether (sulfide) groups is 1. The van der Waals surface area contributed by atoms with Crippen LogP contribution in [-0.4, -0.2) is 48.0 Å². The first-order valence-corrected chi connectivity index (χ1v) is 6.55. The lowest BCUT2D eigenvalue weighted by Crippen LogP contribution is -2.45. The van der Waals surface area contributed by atoms with Crippen molar-refractivity contribution in [1.82, 2.24) is 5.32 Å². The molecule has 0 aromatic heterocycles. The maximum Gasteiger partial charge on any atom is 0.102 e. The van der Waals surface area contributed by atoms with Gasteiger partial charge in [-0.15, -0.1) is 0 Å². The number of rotatable bonds is 3. The lowest BCUT2D eigenvalue weighted by atomic mass is 10.0. The highest BCUT2D eigenvalue weighted by Gasteiger charge is 2.32. The minimum atomic E-state index is -0.593. The molecule has 1 unspecified atom stereocenters. The van der Waals surface area contributed by atoms with Gasteiger partial charge in [0.1, 0.15) is 5.60 Å². The molecule has 2 aliphatic rings. The topological polar surface area (TPSA) is 41.5 Å². The van der Waals surface area contributed by atoms with Crippen molar-refractivity contribution >= 4 is 11.8 Å². The first-order chi connectivity index (χ1) is 6.79. The molecule has 4 heteroatoms. The number of hydrogen-bond acceptors (Lipinski definition) is 4. The quantitative estimate of drug-likeness (QED) is 0.727. The molecular formula is C10H19NO2S. The van der Waals surface area contributed by atoms with Crippen LogP contribution in [-0.2, 0) is 4.74 Å². The maximum atomic E-state index is 10.0. The molecule has 0 aromatic carbocycles. The molecule has 0 aromatic rings. The van der Waals surface area contributed by atoms with Crippen molar-refractivity contribution in [1.29, 1.82) is 0 Å². The van der Waals surface area contributed by atoms with Crippen molar-refractivity contribution < 1.29 is 9.84 Å². The van der Waals surface area contributed by atoms with Gasteiger partial charge < -0.3 is 15.2 Å². The van der Waals surface area contributed by atoms with Gasteiger partial charge in [-0.05, 0) is 24.3 Å². The highest BCUT2D eigenvalue weighted by Crippen LogP contribution is 2.20. The Morgan fingerprint density at radius 3 is 2.86 bits per heavy atom. The summed E-state index contributed by atoms with van der Waals surface area (Å²) in [6.07, 6.45) is 3.25. The molecular weight excluding hydrogens is 198 g/mol. The zero-order valence-corrected chi connectivity index (χ0v) is 9.31. The molecule has 14 heavy (non-hydrogen) atoms. The summed E-state index contributed by atoms with van der Waals surface area (Å²) in [5.74, 6) is 2.51. The number of ether oxygens (including phenoxy) is 1. The summed E-state index contributed by atoms with van der Waals surface area (Å²) < 4.78 is 5.21. The van der Waals surface area contributed by atoms with Crippen molar-refractivity contribution in [3.05, 3.63) is 0 Å². The Morgan fingerprint density at radius 1 is 1.43 bits per heavy atom. The van der Waals surface area contributed by atoms with Gasteiger partial charge in [0, 0.05) is 25.6 Å². The molecule has 0 saturated carbocycles. The Bertz CT molecular complexity index is 177. The average Bonchev–Trinajstić information content (AvgIpc) is 2.65. The van der Waals surface area contributed by atoms with E-state index in [1.165, 1.54) is 24.3 Å². The highest BCUT2D eigenvalue weighted by molar-refractivity contribution is 7.99. The Labute approximate surface area is 89.6 Å². The molecule has 1 atom stereocenters. The Morgan fingerprint density at radius 2 is 2.21 bits per heavy atom. The molecule has 2 aliphatic heterocycles. The van der Waals surface area contributed by atoms with Crippen LogP contribution < -0.4 is 5.32 Å². The second kappa shape index (κ2) is 4.84. The molecule has 0 spiro atoms. The largest absolute Gasteiger partial charge is 0.386 e. The van der Waals surface area contributed by atoms with E-state index >= 15 is 0 Å². The van der Waals surface area contributed by atoms with E-state index < -0.39 is 5.60 Å². The molecule has 0 aliphatic carbocycles. The van der Waals surface area contributed by atoms with Crippen LogP contribution in [0.3, 0.4) is 0 Å². The fraction of sp³-hybridized carbons (Fsp3) is 1.00. The van der Waals surface area contributed by atoms with Crippen LogP contribution >= 0.6 is 11.8 Å². The van der Waals surface area contributed by atoms with E-state index in [1.54, 1.807) is 0 Å². The Balaban J connectivity index is 1.70. The standard InChI is InChI=1S/C10H19NO2S/c12-10(3-4-13-8-10)7-11-9-1-5-14-6-2-9/h9,11-12H,1-8H2. The zero-order chi connectivity index (χ0) is 9.86. The van der Waals surface area contributed by atoms with Gasteiger partial charge in [0.15, 0.2) is 0 Å². The van der Waals surface area contributed by atoms with Crippen LogP contribution in [0, 0.1) is 0 Å². The van der Waals surface area contributed by atoms with E-state index in [4.69, 9.17) is 4.74 Å². The SMILES string of the molecule is OC1(CNC2CCSCC2)CCOC1. The van der Waals surface area contributed by atoms with Crippen molar-refractivity contribution in [2.45, 2.75) is 30.9 Å². The van der Waals surface area contributed by atoms with E-state index in [0.29, 0.717) is 25.8 Å². The third kappa shape index (κ3) is 2.86. The lowest BCUT2D eigenvalue weighted by molar-refractivity contribution is 0.0246. The van der Waals surface area contributed by atoms with Crippen LogP contribution in [0.1, 0.15) is 19.3 Å². The fourth-order valence-electron chi connectivity index (χ4n) is 1.97. The predicted octanol–water partition coefficient (Wildman–Crippen LogP) is 0.623. The second-order valence-corrected chi connectivity index (χ2v) is 5.52. The monoisotopic (exact) mass is 217 g/mol. The Hall–Kier alpha value is 0.230. The predicted molar refractivity (Wildman–Crippen MR) is 58.7 cm³/mol. The van der Waals surface area contributed by atoms with Crippen molar-refractivity contribution in [2.24, 2.45) is 0 Å². The minimum absolute atomic E-state index is 0.501. The minimum Gasteiger partial charge on any atom is -0.386 e. The summed E-state index contributed by atoms with van der Waals surface area (Å²) >= 11 is 2.03.